The molecule has 0 saturated heterocycles. The molecule has 0 amide bonds. The molecular formula is C18H33IN4O2. The maximum Gasteiger partial charge on any atom is 0.188 e. The Hall–Kier alpha value is -1.22. The lowest BCUT2D eigenvalue weighted by atomic mass is 10.1. The molecule has 0 bridgehead atoms. The molecule has 0 radical (unpaired) electrons. The molecule has 1 unspecified atom stereocenters. The van der Waals surface area contributed by atoms with Gasteiger partial charge in [-0.15, -0.1) is 24.0 Å². The van der Waals surface area contributed by atoms with Crippen molar-refractivity contribution in [1.29, 1.82) is 0 Å². The van der Waals surface area contributed by atoms with Crippen molar-refractivity contribution in [2.45, 2.75) is 32.7 Å². The Morgan fingerprint density at radius 1 is 1.28 bits per heavy atom. The summed E-state index contributed by atoms with van der Waals surface area (Å²) in [6.07, 6.45) is 1.97. The zero-order chi connectivity index (χ0) is 17.9. The van der Waals surface area contributed by atoms with Gasteiger partial charge in [-0.1, -0.05) is 13.0 Å². The summed E-state index contributed by atoms with van der Waals surface area (Å²) in [7, 11) is 5.39. The molecular weight excluding hydrogens is 431 g/mol. The molecule has 25 heavy (non-hydrogen) atoms. The number of ether oxygens (including phenoxy) is 2. The molecule has 1 aromatic carbocycles. The van der Waals surface area contributed by atoms with Gasteiger partial charge in [0.1, 0.15) is 0 Å². The van der Waals surface area contributed by atoms with Crippen LogP contribution in [0.3, 0.4) is 0 Å². The average molecular weight is 464 g/mol. The number of halogens is 1. The average Bonchev–Trinajstić information content (AvgIpc) is 2.60. The summed E-state index contributed by atoms with van der Waals surface area (Å²) in [6.45, 7) is 6.75. The molecule has 3 N–H and O–H groups in total. The zero-order valence-electron chi connectivity index (χ0n) is 16.0. The molecule has 0 spiro atoms. The highest BCUT2D eigenvalue weighted by molar-refractivity contribution is 14.0. The largest absolute Gasteiger partial charge is 0.493 e. The third-order valence-corrected chi connectivity index (χ3v) is 4.25. The second-order valence-corrected chi connectivity index (χ2v) is 5.87. The van der Waals surface area contributed by atoms with Crippen molar-refractivity contribution in [3.63, 3.8) is 0 Å². The third kappa shape index (κ3) is 8.62. The Bertz CT molecular complexity index is 526. The van der Waals surface area contributed by atoms with Crippen molar-refractivity contribution < 1.29 is 9.47 Å². The van der Waals surface area contributed by atoms with E-state index in [0.29, 0.717) is 18.5 Å². The van der Waals surface area contributed by atoms with E-state index in [2.05, 4.69) is 36.1 Å². The fourth-order valence-corrected chi connectivity index (χ4v) is 2.29. The van der Waals surface area contributed by atoms with Gasteiger partial charge >= 0.3 is 0 Å². The molecule has 0 aliphatic rings. The van der Waals surface area contributed by atoms with Crippen molar-refractivity contribution in [2.24, 2.45) is 10.7 Å². The van der Waals surface area contributed by atoms with Gasteiger partial charge in [-0.25, -0.2) is 0 Å². The number of nitrogens with zero attached hydrogens (tertiary/aromatic N) is 2. The molecule has 1 aromatic rings. The summed E-state index contributed by atoms with van der Waals surface area (Å²) in [5.41, 5.74) is 7.07. The first kappa shape index (κ1) is 23.8. The molecule has 7 heteroatoms. The molecule has 6 nitrogen and oxygen atoms in total. The molecule has 0 aliphatic carbocycles. The quantitative estimate of drug-likeness (QED) is 0.316. The van der Waals surface area contributed by atoms with Crippen LogP contribution in [0.2, 0.25) is 0 Å². The normalized spacial score (nSPS) is 12.5. The van der Waals surface area contributed by atoms with Gasteiger partial charge in [0.2, 0.25) is 0 Å². The van der Waals surface area contributed by atoms with Crippen molar-refractivity contribution in [3.8, 4) is 11.5 Å². The van der Waals surface area contributed by atoms with E-state index in [9.17, 15) is 0 Å². The van der Waals surface area contributed by atoms with Gasteiger partial charge in [-0.3, -0.25) is 4.99 Å². The Kier molecular flexibility index (Phi) is 12.4. The van der Waals surface area contributed by atoms with Crippen LogP contribution in [-0.4, -0.2) is 57.8 Å². The highest BCUT2D eigenvalue weighted by Crippen LogP contribution is 2.27. The summed E-state index contributed by atoms with van der Waals surface area (Å²) < 4.78 is 10.5. The molecule has 144 valence electrons. The number of benzene rings is 1. The number of nitrogens with two attached hydrogens (primary N) is 1. The summed E-state index contributed by atoms with van der Waals surface area (Å²) in [5.74, 6) is 1.97. The molecule has 0 aromatic heterocycles. The predicted molar refractivity (Wildman–Crippen MR) is 116 cm³/mol. The maximum atomic E-state index is 5.91. The van der Waals surface area contributed by atoms with Crippen molar-refractivity contribution >= 4 is 29.9 Å². The van der Waals surface area contributed by atoms with Crippen LogP contribution in [0, 0.1) is 0 Å². The van der Waals surface area contributed by atoms with E-state index in [1.807, 2.05) is 18.2 Å². The molecule has 1 rings (SSSR count). The first-order chi connectivity index (χ1) is 11.5. The minimum atomic E-state index is 0. The second kappa shape index (κ2) is 13.0. The highest BCUT2D eigenvalue weighted by Gasteiger charge is 2.06. The van der Waals surface area contributed by atoms with Crippen molar-refractivity contribution in [1.82, 2.24) is 10.2 Å². The number of hydrogen-bond donors (Lipinski definition) is 2. The van der Waals surface area contributed by atoms with Crippen LogP contribution in [-0.2, 0) is 6.42 Å². The maximum absolute atomic E-state index is 5.91. The summed E-state index contributed by atoms with van der Waals surface area (Å²) in [6, 6.07) is 6.49. The number of aliphatic imine (C=N–C) groups is 1. The molecule has 0 aliphatic heterocycles. The summed E-state index contributed by atoms with van der Waals surface area (Å²) in [5, 5.41) is 3.15. The lowest BCUT2D eigenvalue weighted by molar-refractivity contribution is 0.259. The van der Waals surface area contributed by atoms with Gasteiger partial charge in [-0.2, -0.15) is 0 Å². The van der Waals surface area contributed by atoms with Gasteiger partial charge in [0.05, 0.1) is 20.8 Å². The molecule has 0 saturated carbocycles. The molecule has 1 atom stereocenters. The lowest BCUT2D eigenvalue weighted by Crippen LogP contribution is -2.35. The SMILES string of the molecule is CCC(C)N(C)CCN=C(N)NCCc1ccc(OC)c(OC)c1.I. The first-order valence-electron chi connectivity index (χ1n) is 8.46. The standard InChI is InChI=1S/C18H32N4O2.HI/c1-6-14(2)22(3)12-11-21-18(19)20-10-9-15-7-8-16(23-4)17(13-15)24-5;/h7-8,13-14H,6,9-12H2,1-5H3,(H3,19,20,21);1H. The van der Waals surface area contributed by atoms with E-state index in [1.54, 1.807) is 14.2 Å². The third-order valence-electron chi connectivity index (χ3n) is 4.25. The molecule has 0 fully saturated rings. The number of methoxy groups -OCH3 is 2. The monoisotopic (exact) mass is 464 g/mol. The number of rotatable bonds is 10. The van der Waals surface area contributed by atoms with Crippen LogP contribution in [0.4, 0.5) is 0 Å². The first-order valence-corrected chi connectivity index (χ1v) is 8.46. The number of hydrogen-bond acceptors (Lipinski definition) is 4. The topological polar surface area (TPSA) is 72.1 Å². The summed E-state index contributed by atoms with van der Waals surface area (Å²) >= 11 is 0. The fraction of sp³-hybridized carbons (Fsp3) is 0.611. The lowest BCUT2D eigenvalue weighted by Gasteiger charge is -2.22. The van der Waals surface area contributed by atoms with Crippen molar-refractivity contribution in [3.05, 3.63) is 23.8 Å². The minimum Gasteiger partial charge on any atom is -0.493 e. The van der Waals surface area contributed by atoms with E-state index < -0.39 is 0 Å². The number of guanidine groups is 1. The Morgan fingerprint density at radius 2 is 1.96 bits per heavy atom. The van der Waals surface area contributed by atoms with Crippen molar-refractivity contribution in [2.75, 3.05) is 40.9 Å². The van der Waals surface area contributed by atoms with Crippen LogP contribution in [0.15, 0.2) is 23.2 Å². The number of nitrogens with one attached hydrogen (secondary N) is 1. The smallest absolute Gasteiger partial charge is 0.188 e. The number of likely N-dealkylation sites (N-methyl/N-ethyl adjacent to an activating group) is 1. The van der Waals surface area contributed by atoms with Gasteiger partial charge in [0.25, 0.3) is 0 Å². The Morgan fingerprint density at radius 3 is 2.56 bits per heavy atom. The van der Waals surface area contributed by atoms with E-state index in [0.717, 1.165) is 43.0 Å². The van der Waals surface area contributed by atoms with E-state index in [4.69, 9.17) is 15.2 Å². The van der Waals surface area contributed by atoms with Gasteiger partial charge in [0, 0.05) is 19.1 Å². The van der Waals surface area contributed by atoms with Crippen LogP contribution in [0.25, 0.3) is 0 Å². The van der Waals surface area contributed by atoms with Crippen LogP contribution >= 0.6 is 24.0 Å². The highest BCUT2D eigenvalue weighted by atomic mass is 127. The Labute approximate surface area is 169 Å². The van der Waals surface area contributed by atoms with Gasteiger partial charge < -0.3 is 25.4 Å². The predicted octanol–water partition coefficient (Wildman–Crippen LogP) is 2.50. The second-order valence-electron chi connectivity index (χ2n) is 5.87. The molecule has 0 heterocycles. The zero-order valence-corrected chi connectivity index (χ0v) is 18.4. The van der Waals surface area contributed by atoms with Crippen LogP contribution in [0.1, 0.15) is 25.8 Å². The fourth-order valence-electron chi connectivity index (χ4n) is 2.29. The van der Waals surface area contributed by atoms with Gasteiger partial charge in [0.15, 0.2) is 17.5 Å². The van der Waals surface area contributed by atoms with Gasteiger partial charge in [-0.05, 0) is 44.5 Å². The van der Waals surface area contributed by atoms with Crippen LogP contribution < -0.4 is 20.5 Å². The van der Waals surface area contributed by atoms with Crippen LogP contribution in [0.5, 0.6) is 11.5 Å². The van der Waals surface area contributed by atoms with E-state index >= 15 is 0 Å². The van der Waals surface area contributed by atoms with E-state index in [1.165, 1.54) is 0 Å². The van der Waals surface area contributed by atoms with E-state index in [-0.39, 0.29) is 24.0 Å². The minimum absolute atomic E-state index is 0. The summed E-state index contributed by atoms with van der Waals surface area (Å²) in [4.78, 5) is 6.66. The Balaban J connectivity index is 0.00000576.